The van der Waals surface area contributed by atoms with Crippen LogP contribution in [0.2, 0.25) is 0 Å². The molecule has 1 unspecified atom stereocenters. The number of nitrogens with zero attached hydrogens (tertiary/aromatic N) is 1. The molecule has 0 spiro atoms. The van der Waals surface area contributed by atoms with Gasteiger partial charge in [0.05, 0.1) is 6.04 Å². The van der Waals surface area contributed by atoms with E-state index in [-0.39, 0.29) is 11.9 Å². The maximum absolute atomic E-state index is 12.5. The highest BCUT2D eigenvalue weighted by Crippen LogP contribution is 2.34. The van der Waals surface area contributed by atoms with Crippen LogP contribution in [-0.2, 0) is 9.53 Å². The largest absolute Gasteiger partial charge is 0.381 e. The predicted molar refractivity (Wildman–Crippen MR) is 94.5 cm³/mol. The number of aromatic nitrogens is 1. The fourth-order valence-electron chi connectivity index (χ4n) is 4.12. The Bertz CT molecular complexity index is 494. The number of ether oxygens (including phenoxy) is 1. The Morgan fingerprint density at radius 2 is 2.00 bits per heavy atom. The maximum Gasteiger partial charge on any atom is 0.220 e. The van der Waals surface area contributed by atoms with Gasteiger partial charge in [-0.15, -0.1) is 0 Å². The Morgan fingerprint density at radius 3 is 2.71 bits per heavy atom. The van der Waals surface area contributed by atoms with Gasteiger partial charge in [-0.25, -0.2) is 0 Å². The number of nitrogens with one attached hydrogen (secondary N) is 1. The lowest BCUT2D eigenvalue weighted by Crippen LogP contribution is -2.34. The summed E-state index contributed by atoms with van der Waals surface area (Å²) in [6.07, 6.45) is 13.8. The Labute approximate surface area is 145 Å². The van der Waals surface area contributed by atoms with Gasteiger partial charge in [-0.2, -0.15) is 0 Å². The summed E-state index contributed by atoms with van der Waals surface area (Å²) >= 11 is 0. The van der Waals surface area contributed by atoms with E-state index in [1.807, 2.05) is 12.3 Å². The average molecular weight is 330 g/mol. The molecule has 1 aromatic rings. The number of amides is 1. The van der Waals surface area contributed by atoms with Gasteiger partial charge < -0.3 is 10.1 Å². The van der Waals surface area contributed by atoms with Gasteiger partial charge in [0.25, 0.3) is 0 Å². The molecule has 4 heteroatoms. The monoisotopic (exact) mass is 330 g/mol. The first kappa shape index (κ1) is 17.4. The van der Waals surface area contributed by atoms with Crippen LogP contribution < -0.4 is 5.32 Å². The van der Waals surface area contributed by atoms with Crippen LogP contribution in [0.4, 0.5) is 0 Å². The minimum Gasteiger partial charge on any atom is -0.381 e. The first-order chi connectivity index (χ1) is 11.8. The second kappa shape index (κ2) is 9.16. The van der Waals surface area contributed by atoms with Crippen molar-refractivity contribution in [2.75, 3.05) is 13.2 Å². The maximum atomic E-state index is 12.5. The van der Waals surface area contributed by atoms with Gasteiger partial charge in [-0.1, -0.05) is 25.3 Å². The lowest BCUT2D eigenvalue weighted by molar-refractivity contribution is -0.122. The Balaban J connectivity index is 1.57. The van der Waals surface area contributed by atoms with Gasteiger partial charge in [-0.3, -0.25) is 9.78 Å². The average Bonchev–Trinajstić information content (AvgIpc) is 2.67. The molecule has 0 radical (unpaired) electrons. The van der Waals surface area contributed by atoms with Crippen molar-refractivity contribution in [1.82, 2.24) is 10.3 Å². The van der Waals surface area contributed by atoms with Gasteiger partial charge in [0, 0.05) is 32.0 Å². The van der Waals surface area contributed by atoms with Crippen molar-refractivity contribution >= 4 is 5.91 Å². The molecule has 2 aliphatic rings. The Hall–Kier alpha value is -1.42. The smallest absolute Gasteiger partial charge is 0.220 e. The molecule has 1 amide bonds. The third-order valence-electron chi connectivity index (χ3n) is 5.60. The summed E-state index contributed by atoms with van der Waals surface area (Å²) in [4.78, 5) is 16.8. The summed E-state index contributed by atoms with van der Waals surface area (Å²) in [5, 5.41) is 3.33. The quantitative estimate of drug-likeness (QED) is 0.857. The molecule has 1 saturated carbocycles. The molecule has 1 aliphatic carbocycles. The lowest BCUT2D eigenvalue weighted by Gasteiger charge is -2.31. The van der Waals surface area contributed by atoms with Crippen molar-refractivity contribution in [3.8, 4) is 0 Å². The zero-order valence-corrected chi connectivity index (χ0v) is 14.6. The van der Waals surface area contributed by atoms with E-state index in [9.17, 15) is 4.79 Å². The number of hydrogen-bond donors (Lipinski definition) is 1. The highest BCUT2D eigenvalue weighted by atomic mass is 16.5. The molecule has 132 valence electrons. The number of carbonyl (C=O) groups excluding carboxylic acids is 1. The van der Waals surface area contributed by atoms with Crippen LogP contribution in [0, 0.1) is 11.8 Å². The third kappa shape index (κ3) is 5.04. The lowest BCUT2D eigenvalue weighted by atomic mass is 9.81. The van der Waals surface area contributed by atoms with Crippen LogP contribution in [0.3, 0.4) is 0 Å². The summed E-state index contributed by atoms with van der Waals surface area (Å²) in [5.74, 6) is 1.40. The van der Waals surface area contributed by atoms with Crippen LogP contribution in [0.15, 0.2) is 24.5 Å². The van der Waals surface area contributed by atoms with Crippen LogP contribution in [0.5, 0.6) is 0 Å². The van der Waals surface area contributed by atoms with E-state index in [1.165, 1.54) is 32.1 Å². The number of carbonyl (C=O) groups is 1. The molecule has 2 fully saturated rings. The Morgan fingerprint density at radius 1 is 1.21 bits per heavy atom. The molecule has 3 rings (SSSR count). The molecular formula is C20H30N2O2. The second-order valence-electron chi connectivity index (χ2n) is 7.32. The van der Waals surface area contributed by atoms with Crippen molar-refractivity contribution in [2.24, 2.45) is 11.8 Å². The van der Waals surface area contributed by atoms with E-state index in [0.717, 1.165) is 38.0 Å². The van der Waals surface area contributed by atoms with E-state index in [1.54, 1.807) is 6.20 Å². The van der Waals surface area contributed by atoms with Gasteiger partial charge in [0.2, 0.25) is 5.91 Å². The zero-order valence-electron chi connectivity index (χ0n) is 14.6. The van der Waals surface area contributed by atoms with E-state index in [4.69, 9.17) is 4.74 Å². The van der Waals surface area contributed by atoms with Crippen molar-refractivity contribution in [3.63, 3.8) is 0 Å². The van der Waals surface area contributed by atoms with E-state index in [2.05, 4.69) is 16.4 Å². The minimum absolute atomic E-state index is 0.126. The summed E-state index contributed by atoms with van der Waals surface area (Å²) in [7, 11) is 0. The summed E-state index contributed by atoms with van der Waals surface area (Å²) in [5.41, 5.74) is 1.16. The first-order valence-electron chi connectivity index (χ1n) is 9.60. The van der Waals surface area contributed by atoms with Crippen molar-refractivity contribution < 1.29 is 9.53 Å². The van der Waals surface area contributed by atoms with Crippen LogP contribution in [-0.4, -0.2) is 24.1 Å². The molecule has 1 saturated heterocycles. The molecule has 1 atom stereocenters. The summed E-state index contributed by atoms with van der Waals surface area (Å²) in [6.45, 7) is 1.71. The fourth-order valence-corrected chi connectivity index (χ4v) is 4.12. The van der Waals surface area contributed by atoms with Gasteiger partial charge in [-0.05, 0) is 55.6 Å². The van der Waals surface area contributed by atoms with Gasteiger partial charge in [0.15, 0.2) is 0 Å². The molecule has 1 aliphatic heterocycles. The summed E-state index contributed by atoms with van der Waals surface area (Å²) < 4.78 is 5.40. The highest BCUT2D eigenvalue weighted by Gasteiger charge is 2.27. The number of hydrogen-bond acceptors (Lipinski definition) is 3. The fraction of sp³-hybridized carbons (Fsp3) is 0.700. The molecule has 4 nitrogen and oxygen atoms in total. The van der Waals surface area contributed by atoms with Crippen LogP contribution in [0.25, 0.3) is 0 Å². The van der Waals surface area contributed by atoms with Gasteiger partial charge >= 0.3 is 0 Å². The predicted octanol–water partition coefficient (Wildman–Crippen LogP) is 4.03. The third-order valence-corrected chi connectivity index (χ3v) is 5.60. The zero-order chi connectivity index (χ0) is 16.6. The molecule has 1 aromatic heterocycles. The van der Waals surface area contributed by atoms with E-state index in [0.29, 0.717) is 18.3 Å². The molecule has 2 heterocycles. The second-order valence-corrected chi connectivity index (χ2v) is 7.32. The number of rotatable bonds is 6. The highest BCUT2D eigenvalue weighted by molar-refractivity contribution is 5.76. The molecule has 24 heavy (non-hydrogen) atoms. The van der Waals surface area contributed by atoms with Crippen molar-refractivity contribution in [2.45, 2.75) is 63.8 Å². The normalized spacial score (nSPS) is 21.3. The SMILES string of the molecule is O=C(CCC1CCOCC1)NC(c1cccnc1)C1CCCCC1. The molecule has 0 aromatic carbocycles. The van der Waals surface area contributed by atoms with E-state index < -0.39 is 0 Å². The molecule has 0 bridgehead atoms. The Kier molecular flexibility index (Phi) is 6.65. The minimum atomic E-state index is 0.126. The first-order valence-corrected chi connectivity index (χ1v) is 9.60. The van der Waals surface area contributed by atoms with Crippen LogP contribution in [0.1, 0.15) is 69.4 Å². The van der Waals surface area contributed by atoms with Crippen LogP contribution >= 0.6 is 0 Å². The standard InChI is InChI=1S/C20H30N2O2/c23-19(9-8-16-10-13-24-14-11-16)22-20(17-5-2-1-3-6-17)18-7-4-12-21-15-18/h4,7,12,15-17,20H,1-3,5-6,8-11,13-14H2,(H,22,23). The number of pyridine rings is 1. The topological polar surface area (TPSA) is 51.2 Å². The van der Waals surface area contributed by atoms with Crippen molar-refractivity contribution in [3.05, 3.63) is 30.1 Å². The van der Waals surface area contributed by atoms with Crippen molar-refractivity contribution in [1.29, 1.82) is 0 Å². The van der Waals surface area contributed by atoms with E-state index >= 15 is 0 Å². The summed E-state index contributed by atoms with van der Waals surface area (Å²) in [6, 6.07) is 4.20. The van der Waals surface area contributed by atoms with Gasteiger partial charge in [0.1, 0.15) is 0 Å². The molecular weight excluding hydrogens is 300 g/mol. The molecule has 1 N–H and O–H groups in total.